The van der Waals surface area contributed by atoms with Crippen LogP contribution in [0.3, 0.4) is 0 Å². The fraction of sp³-hybridized carbons (Fsp3) is 0.500. The Kier molecular flexibility index (Phi) is 8.40. The number of hydrogen-bond donors (Lipinski definition) is 2. The molecule has 20 heavy (non-hydrogen) atoms. The van der Waals surface area contributed by atoms with E-state index < -0.39 is 17.8 Å². The van der Waals surface area contributed by atoms with Crippen molar-refractivity contribution in [2.75, 3.05) is 20.4 Å². The van der Waals surface area contributed by atoms with Gasteiger partial charge in [0.1, 0.15) is 0 Å². The Morgan fingerprint density at radius 1 is 1.05 bits per heavy atom. The molecular formula is C12H18N2O6. The molecule has 0 bridgehead atoms. The zero-order chi connectivity index (χ0) is 15.5. The molecule has 0 saturated carbocycles. The first kappa shape index (κ1) is 17.6. The zero-order valence-electron chi connectivity index (χ0n) is 11.6. The number of carbonyl (C=O) groups is 4. The molecule has 0 radical (unpaired) electrons. The lowest BCUT2D eigenvalue weighted by Crippen LogP contribution is -2.39. The normalized spacial score (nSPS) is 10.2. The van der Waals surface area contributed by atoms with Crippen LogP contribution < -0.4 is 10.6 Å². The number of rotatable bonds is 7. The van der Waals surface area contributed by atoms with Gasteiger partial charge in [-0.3, -0.25) is 9.59 Å². The summed E-state index contributed by atoms with van der Waals surface area (Å²) in [7, 11) is 1.17. The Balaban J connectivity index is 3.81. The van der Waals surface area contributed by atoms with Gasteiger partial charge in [0.2, 0.25) is 11.8 Å². The molecule has 8 nitrogen and oxygen atoms in total. The van der Waals surface area contributed by atoms with Gasteiger partial charge in [0.25, 0.3) is 0 Å². The van der Waals surface area contributed by atoms with E-state index in [9.17, 15) is 19.2 Å². The molecule has 0 fully saturated rings. The predicted octanol–water partition coefficient (Wildman–Crippen LogP) is -0.895. The van der Waals surface area contributed by atoms with E-state index in [1.807, 2.05) is 0 Å². The van der Waals surface area contributed by atoms with Crippen molar-refractivity contribution in [2.45, 2.75) is 13.8 Å². The van der Waals surface area contributed by atoms with E-state index in [-0.39, 0.29) is 25.1 Å². The van der Waals surface area contributed by atoms with Crippen molar-refractivity contribution < 1.29 is 28.7 Å². The summed E-state index contributed by atoms with van der Waals surface area (Å²) in [5.74, 6) is -2.46. The highest BCUT2D eigenvalue weighted by Crippen LogP contribution is 1.89. The topological polar surface area (TPSA) is 111 Å². The lowest BCUT2D eigenvalue weighted by atomic mass is 10.2. The molecule has 112 valence electrons. The van der Waals surface area contributed by atoms with Crippen LogP contribution in [-0.2, 0) is 28.7 Å². The Morgan fingerprint density at radius 3 is 2.20 bits per heavy atom. The van der Waals surface area contributed by atoms with E-state index in [0.717, 1.165) is 12.2 Å². The number of esters is 2. The number of amides is 2. The molecule has 0 atom stereocenters. The third kappa shape index (κ3) is 8.67. The molecule has 0 aromatic carbocycles. The summed E-state index contributed by atoms with van der Waals surface area (Å²) in [6.45, 7) is 2.83. The van der Waals surface area contributed by atoms with E-state index in [1.165, 1.54) is 7.11 Å². The first-order valence-electron chi connectivity index (χ1n) is 5.84. The van der Waals surface area contributed by atoms with Crippen LogP contribution >= 0.6 is 0 Å². The Bertz CT molecular complexity index is 403. The molecule has 0 aromatic rings. The van der Waals surface area contributed by atoms with Crippen LogP contribution in [0, 0.1) is 5.92 Å². The second-order valence-electron chi connectivity index (χ2n) is 3.94. The van der Waals surface area contributed by atoms with Crippen molar-refractivity contribution in [2.24, 2.45) is 5.92 Å². The minimum Gasteiger partial charge on any atom is -0.466 e. The Morgan fingerprint density at radius 2 is 1.65 bits per heavy atom. The van der Waals surface area contributed by atoms with Gasteiger partial charge < -0.3 is 20.1 Å². The molecule has 0 unspecified atom stereocenters. The van der Waals surface area contributed by atoms with Crippen molar-refractivity contribution in [1.82, 2.24) is 10.6 Å². The molecule has 0 aliphatic heterocycles. The fourth-order valence-electron chi connectivity index (χ4n) is 0.874. The highest BCUT2D eigenvalue weighted by Gasteiger charge is 2.08. The number of methoxy groups -OCH3 is 1. The number of ether oxygens (including phenoxy) is 2. The van der Waals surface area contributed by atoms with Crippen LogP contribution in [0.4, 0.5) is 0 Å². The number of carbonyl (C=O) groups excluding carboxylic acids is 4. The van der Waals surface area contributed by atoms with E-state index in [4.69, 9.17) is 0 Å². The monoisotopic (exact) mass is 286 g/mol. The van der Waals surface area contributed by atoms with E-state index in [1.54, 1.807) is 13.8 Å². The van der Waals surface area contributed by atoms with Crippen LogP contribution in [0.1, 0.15) is 13.8 Å². The third-order valence-corrected chi connectivity index (χ3v) is 1.99. The first-order chi connectivity index (χ1) is 9.36. The van der Waals surface area contributed by atoms with Gasteiger partial charge >= 0.3 is 11.9 Å². The minimum absolute atomic E-state index is 0.202. The molecule has 2 amide bonds. The highest BCUT2D eigenvalue weighted by atomic mass is 16.5. The van der Waals surface area contributed by atoms with Gasteiger partial charge in [-0.2, -0.15) is 0 Å². The molecular weight excluding hydrogens is 268 g/mol. The third-order valence-electron chi connectivity index (χ3n) is 1.99. The molecule has 0 spiro atoms. The molecule has 0 aliphatic carbocycles. The van der Waals surface area contributed by atoms with Crippen molar-refractivity contribution >= 4 is 23.8 Å². The summed E-state index contributed by atoms with van der Waals surface area (Å²) in [4.78, 5) is 44.2. The van der Waals surface area contributed by atoms with Gasteiger partial charge in [-0.1, -0.05) is 13.8 Å². The van der Waals surface area contributed by atoms with Gasteiger partial charge in [0.05, 0.1) is 13.7 Å². The van der Waals surface area contributed by atoms with E-state index in [0.29, 0.717) is 0 Å². The fourth-order valence-corrected chi connectivity index (χ4v) is 0.874. The van der Waals surface area contributed by atoms with Gasteiger partial charge in [-0.05, 0) is 0 Å². The summed E-state index contributed by atoms with van der Waals surface area (Å²) in [6.07, 6.45) is 1.77. The van der Waals surface area contributed by atoms with E-state index in [2.05, 4.69) is 20.1 Å². The summed E-state index contributed by atoms with van der Waals surface area (Å²) in [5, 5.41) is 4.66. The SMILES string of the molecule is COC(=O)/C=C/C(=O)OCNC(=O)CNC(=O)C(C)C. The lowest BCUT2D eigenvalue weighted by Gasteiger charge is -2.08. The van der Waals surface area contributed by atoms with Crippen LogP contribution in [0.5, 0.6) is 0 Å². The second-order valence-corrected chi connectivity index (χ2v) is 3.94. The molecule has 0 heterocycles. The molecule has 0 saturated heterocycles. The summed E-state index contributed by atoms with van der Waals surface area (Å²) >= 11 is 0. The van der Waals surface area contributed by atoms with Gasteiger partial charge in [0.15, 0.2) is 6.73 Å². The van der Waals surface area contributed by atoms with Crippen molar-refractivity contribution in [3.05, 3.63) is 12.2 Å². The maximum absolute atomic E-state index is 11.3. The Labute approximate surface area is 116 Å². The van der Waals surface area contributed by atoms with Crippen molar-refractivity contribution in [1.29, 1.82) is 0 Å². The smallest absolute Gasteiger partial charge is 0.332 e. The maximum atomic E-state index is 11.3. The summed E-state index contributed by atoms with van der Waals surface area (Å²) in [6, 6.07) is 0. The van der Waals surface area contributed by atoms with Crippen LogP contribution in [0.15, 0.2) is 12.2 Å². The molecule has 0 aromatic heterocycles. The summed E-state index contributed by atoms with van der Waals surface area (Å²) < 4.78 is 8.86. The first-order valence-corrected chi connectivity index (χ1v) is 5.84. The predicted molar refractivity (Wildman–Crippen MR) is 68.1 cm³/mol. The molecule has 2 N–H and O–H groups in total. The molecule has 0 aliphatic rings. The average Bonchev–Trinajstić information content (AvgIpc) is 2.41. The van der Waals surface area contributed by atoms with Gasteiger partial charge in [-0.15, -0.1) is 0 Å². The molecule has 0 rings (SSSR count). The van der Waals surface area contributed by atoms with E-state index >= 15 is 0 Å². The van der Waals surface area contributed by atoms with Crippen molar-refractivity contribution in [3.63, 3.8) is 0 Å². The van der Waals surface area contributed by atoms with Gasteiger partial charge in [-0.25, -0.2) is 9.59 Å². The Hall–Kier alpha value is -2.38. The highest BCUT2D eigenvalue weighted by molar-refractivity contribution is 5.91. The van der Waals surface area contributed by atoms with Crippen molar-refractivity contribution in [3.8, 4) is 0 Å². The second kappa shape index (κ2) is 9.54. The maximum Gasteiger partial charge on any atom is 0.332 e. The lowest BCUT2D eigenvalue weighted by molar-refractivity contribution is -0.141. The summed E-state index contributed by atoms with van der Waals surface area (Å²) in [5.41, 5.74) is 0. The van der Waals surface area contributed by atoms with Gasteiger partial charge in [0, 0.05) is 18.1 Å². The molecule has 8 heteroatoms. The number of nitrogens with one attached hydrogen (secondary N) is 2. The zero-order valence-corrected chi connectivity index (χ0v) is 11.6. The largest absolute Gasteiger partial charge is 0.466 e. The standard InChI is InChI=1S/C12H18N2O6/c1-8(2)12(18)13-6-9(15)14-7-20-11(17)5-4-10(16)19-3/h4-5,8H,6-7H2,1-3H3,(H,13,18)(H,14,15)/b5-4+. The minimum atomic E-state index is -0.804. The van der Waals surface area contributed by atoms with Crippen LogP contribution in [-0.4, -0.2) is 44.1 Å². The average molecular weight is 286 g/mol. The van der Waals surface area contributed by atoms with Crippen LogP contribution in [0.2, 0.25) is 0 Å². The quantitative estimate of drug-likeness (QED) is 0.356. The number of hydrogen-bond acceptors (Lipinski definition) is 6. The van der Waals surface area contributed by atoms with Crippen LogP contribution in [0.25, 0.3) is 0 Å².